The van der Waals surface area contributed by atoms with Crippen LogP contribution in [0.4, 0.5) is 0 Å². The first-order valence-corrected chi connectivity index (χ1v) is 4.57. The van der Waals surface area contributed by atoms with E-state index in [0.717, 1.165) is 26.3 Å². The minimum atomic E-state index is 0.356. The number of rotatable bonds is 1. The Labute approximate surface area is 85.0 Å². The van der Waals surface area contributed by atoms with E-state index in [1.165, 1.54) is 7.11 Å². The van der Waals surface area contributed by atoms with Crippen LogP contribution in [0.15, 0.2) is 4.99 Å². The van der Waals surface area contributed by atoms with Gasteiger partial charge in [0.1, 0.15) is 0 Å². The molecule has 0 aliphatic carbocycles. The predicted molar refractivity (Wildman–Crippen MR) is 57.5 cm³/mol. The first kappa shape index (κ1) is 13.1. The Morgan fingerprint density at radius 1 is 1.43 bits per heavy atom. The Morgan fingerprint density at radius 2 is 2.00 bits per heavy atom. The number of nitrogens with zero attached hydrogens (tertiary/aromatic N) is 1. The van der Waals surface area contributed by atoms with E-state index in [-0.39, 0.29) is 0 Å². The van der Waals surface area contributed by atoms with Crippen molar-refractivity contribution >= 4 is 11.6 Å². The molecule has 0 atom stereocenters. The predicted octanol–water partition coefficient (Wildman–Crippen LogP) is 0.307. The Hall–Kier alpha value is -0.940. The van der Waals surface area contributed by atoms with Crippen molar-refractivity contribution in [3.8, 4) is 0 Å². The van der Waals surface area contributed by atoms with Gasteiger partial charge in [-0.3, -0.25) is 4.99 Å². The third-order valence-corrected chi connectivity index (χ3v) is 1.56. The van der Waals surface area contributed by atoms with Crippen LogP contribution in [0.25, 0.3) is 0 Å². The van der Waals surface area contributed by atoms with Crippen molar-refractivity contribution < 1.29 is 9.47 Å². The molecule has 14 heavy (non-hydrogen) atoms. The molecule has 0 aromatic carbocycles. The van der Waals surface area contributed by atoms with Crippen LogP contribution in [0.1, 0.15) is 6.92 Å². The highest BCUT2D eigenvalue weighted by Crippen LogP contribution is 1.79. The van der Waals surface area contributed by atoms with Gasteiger partial charge in [0.05, 0.1) is 26.0 Å². The molecule has 0 amide bonds. The molecule has 2 N–H and O–H groups in total. The van der Waals surface area contributed by atoms with Crippen molar-refractivity contribution in [3.05, 3.63) is 0 Å². The molecule has 82 valence electrons. The summed E-state index contributed by atoms with van der Waals surface area (Å²) in [7, 11) is 3.09. The molecule has 0 unspecified atom stereocenters. The van der Waals surface area contributed by atoms with Crippen LogP contribution < -0.4 is 5.32 Å². The smallest absolute Gasteiger partial charge is 0.229 e. The monoisotopic (exact) mass is 201 g/mol. The SMILES string of the molecule is C1COCCN1.CN=C(OC)C(C)=N. The molecule has 5 heteroatoms. The molecule has 0 spiro atoms. The van der Waals surface area contributed by atoms with E-state index in [2.05, 4.69) is 15.0 Å². The highest BCUT2D eigenvalue weighted by molar-refractivity contribution is 6.36. The minimum absolute atomic E-state index is 0.356. The van der Waals surface area contributed by atoms with Crippen LogP contribution in [-0.4, -0.2) is 52.1 Å². The zero-order valence-electron chi connectivity index (χ0n) is 9.09. The third kappa shape index (κ3) is 6.56. The molecule has 1 aliphatic heterocycles. The second-order valence-corrected chi connectivity index (χ2v) is 2.72. The highest BCUT2D eigenvalue weighted by atomic mass is 16.5. The first-order valence-electron chi connectivity index (χ1n) is 4.57. The molecule has 0 aromatic rings. The molecule has 1 rings (SSSR count). The van der Waals surface area contributed by atoms with Crippen molar-refractivity contribution in [2.75, 3.05) is 40.5 Å². The zero-order valence-corrected chi connectivity index (χ0v) is 9.09. The molecule has 1 heterocycles. The van der Waals surface area contributed by atoms with Gasteiger partial charge in [-0.15, -0.1) is 0 Å². The van der Waals surface area contributed by atoms with Gasteiger partial charge in [-0.25, -0.2) is 0 Å². The van der Waals surface area contributed by atoms with Gasteiger partial charge in [-0.1, -0.05) is 0 Å². The number of morpholine rings is 1. The van der Waals surface area contributed by atoms with E-state index < -0.39 is 0 Å². The van der Waals surface area contributed by atoms with Crippen LogP contribution in [0.2, 0.25) is 0 Å². The van der Waals surface area contributed by atoms with Crippen LogP contribution >= 0.6 is 0 Å². The molecular formula is C9H19N3O2. The molecule has 5 nitrogen and oxygen atoms in total. The van der Waals surface area contributed by atoms with Crippen LogP contribution in [-0.2, 0) is 9.47 Å². The molecule has 1 aliphatic rings. The lowest BCUT2D eigenvalue weighted by molar-refractivity contribution is 0.109. The maximum Gasteiger partial charge on any atom is 0.229 e. The van der Waals surface area contributed by atoms with Gasteiger partial charge < -0.3 is 20.2 Å². The van der Waals surface area contributed by atoms with Gasteiger partial charge >= 0.3 is 0 Å². The number of ether oxygens (including phenoxy) is 2. The van der Waals surface area contributed by atoms with Crippen molar-refractivity contribution in [3.63, 3.8) is 0 Å². The van der Waals surface area contributed by atoms with Crippen molar-refractivity contribution in [1.29, 1.82) is 5.41 Å². The summed E-state index contributed by atoms with van der Waals surface area (Å²) in [6.07, 6.45) is 0. The topological polar surface area (TPSA) is 66.7 Å². The van der Waals surface area contributed by atoms with E-state index in [0.29, 0.717) is 11.6 Å². The van der Waals surface area contributed by atoms with E-state index in [9.17, 15) is 0 Å². The molecule has 0 bridgehead atoms. The van der Waals surface area contributed by atoms with E-state index in [4.69, 9.17) is 10.1 Å². The lowest BCUT2D eigenvalue weighted by Crippen LogP contribution is -2.30. The molecule has 1 fully saturated rings. The van der Waals surface area contributed by atoms with Gasteiger partial charge in [-0.05, 0) is 6.92 Å². The van der Waals surface area contributed by atoms with Gasteiger partial charge in [0.2, 0.25) is 5.90 Å². The normalized spacial score (nSPS) is 16.6. The quantitative estimate of drug-likeness (QED) is 0.474. The number of nitrogens with one attached hydrogen (secondary N) is 2. The van der Waals surface area contributed by atoms with Crippen LogP contribution in [0, 0.1) is 5.41 Å². The van der Waals surface area contributed by atoms with E-state index in [1.54, 1.807) is 14.0 Å². The van der Waals surface area contributed by atoms with Gasteiger partial charge in [-0.2, -0.15) is 0 Å². The fourth-order valence-corrected chi connectivity index (χ4v) is 0.928. The summed E-state index contributed by atoms with van der Waals surface area (Å²) in [5.74, 6) is 0.394. The Bertz CT molecular complexity index is 177. The molecule has 0 saturated carbocycles. The standard InChI is InChI=1S/C5H10N2O.C4H9NO/c1-4(6)5(7-2)8-3;1-3-6-4-2-5-1/h6H,1-3H3;5H,1-4H2. The molecule has 0 radical (unpaired) electrons. The summed E-state index contributed by atoms with van der Waals surface area (Å²) in [6.45, 7) is 5.46. The number of aliphatic imine (C=N–C) groups is 1. The Morgan fingerprint density at radius 3 is 2.07 bits per heavy atom. The first-order chi connectivity index (χ1) is 6.72. The summed E-state index contributed by atoms with van der Waals surface area (Å²) in [6, 6.07) is 0. The summed E-state index contributed by atoms with van der Waals surface area (Å²) < 4.78 is 9.69. The fraction of sp³-hybridized carbons (Fsp3) is 0.778. The second-order valence-electron chi connectivity index (χ2n) is 2.72. The lowest BCUT2D eigenvalue weighted by atomic mass is 10.4. The average Bonchev–Trinajstić information content (AvgIpc) is 2.22. The second kappa shape index (κ2) is 8.65. The summed E-state index contributed by atoms with van der Waals surface area (Å²) in [5.41, 5.74) is 0.356. The Balaban J connectivity index is 0.000000249. The van der Waals surface area contributed by atoms with E-state index >= 15 is 0 Å². The largest absolute Gasteiger partial charge is 0.480 e. The highest BCUT2D eigenvalue weighted by Gasteiger charge is 1.95. The summed E-state index contributed by atoms with van der Waals surface area (Å²) >= 11 is 0. The van der Waals surface area contributed by atoms with Crippen LogP contribution in [0.3, 0.4) is 0 Å². The van der Waals surface area contributed by atoms with Crippen molar-refractivity contribution in [2.45, 2.75) is 6.92 Å². The van der Waals surface area contributed by atoms with Crippen LogP contribution in [0.5, 0.6) is 0 Å². The lowest BCUT2D eigenvalue weighted by Gasteiger charge is -2.10. The fourth-order valence-electron chi connectivity index (χ4n) is 0.928. The third-order valence-electron chi connectivity index (χ3n) is 1.56. The van der Waals surface area contributed by atoms with Crippen molar-refractivity contribution in [2.24, 2.45) is 4.99 Å². The van der Waals surface area contributed by atoms with E-state index in [1.807, 2.05) is 0 Å². The minimum Gasteiger partial charge on any atom is -0.480 e. The average molecular weight is 201 g/mol. The summed E-state index contributed by atoms with van der Waals surface area (Å²) in [4.78, 5) is 3.68. The Kier molecular flexibility index (Phi) is 8.07. The maximum absolute atomic E-state index is 7.00. The summed E-state index contributed by atoms with van der Waals surface area (Å²) in [5, 5.41) is 10.2. The number of hydrogen-bond donors (Lipinski definition) is 2. The number of methoxy groups -OCH3 is 1. The molecule has 0 aromatic heterocycles. The zero-order chi connectivity index (χ0) is 10.8. The van der Waals surface area contributed by atoms with Gasteiger partial charge in [0.15, 0.2) is 0 Å². The molecule has 1 saturated heterocycles. The van der Waals surface area contributed by atoms with Crippen molar-refractivity contribution in [1.82, 2.24) is 5.32 Å². The maximum atomic E-state index is 7.00. The van der Waals surface area contributed by atoms with Gasteiger partial charge in [0.25, 0.3) is 0 Å². The van der Waals surface area contributed by atoms with Gasteiger partial charge in [0, 0.05) is 20.1 Å². The number of hydrogen-bond acceptors (Lipinski definition) is 5. The molecular weight excluding hydrogens is 182 g/mol.